The highest BCUT2D eigenvalue weighted by atomic mass is 16.2. The summed E-state index contributed by atoms with van der Waals surface area (Å²) in [6, 6.07) is 8.33. The van der Waals surface area contributed by atoms with Gasteiger partial charge in [0.15, 0.2) is 0 Å². The van der Waals surface area contributed by atoms with Crippen LogP contribution in [0.3, 0.4) is 0 Å². The number of primary amides is 1. The van der Waals surface area contributed by atoms with Gasteiger partial charge in [0.2, 0.25) is 5.91 Å². The highest BCUT2D eigenvalue weighted by molar-refractivity contribution is 6.07. The number of carbonyl (C=O) groups excluding carboxylic acids is 2. The first-order chi connectivity index (χ1) is 9.13. The molecule has 0 aliphatic heterocycles. The Hall–Kier alpha value is -2.43. The molecule has 2 amide bonds. The molecule has 1 atom stereocenters. The second-order valence-corrected chi connectivity index (χ2v) is 4.21. The van der Waals surface area contributed by atoms with Crippen molar-refractivity contribution in [1.82, 2.24) is 10.3 Å². The summed E-state index contributed by atoms with van der Waals surface area (Å²) in [4.78, 5) is 27.5. The maximum Gasteiger partial charge on any atom is 0.252 e. The average Bonchev–Trinajstić information content (AvgIpc) is 2.43. The number of rotatable bonds is 4. The maximum absolute atomic E-state index is 12.2. The van der Waals surface area contributed by atoms with Crippen LogP contribution in [0.15, 0.2) is 36.5 Å². The third kappa shape index (κ3) is 2.70. The van der Waals surface area contributed by atoms with E-state index in [1.807, 2.05) is 24.3 Å². The van der Waals surface area contributed by atoms with E-state index in [2.05, 4.69) is 10.3 Å². The largest absolute Gasteiger partial charge is 0.368 e. The van der Waals surface area contributed by atoms with Crippen molar-refractivity contribution in [1.29, 1.82) is 0 Å². The molecule has 2 aromatic rings. The molecule has 5 heteroatoms. The van der Waals surface area contributed by atoms with Gasteiger partial charge in [-0.3, -0.25) is 14.6 Å². The third-order valence-corrected chi connectivity index (χ3v) is 2.95. The predicted molar refractivity (Wildman–Crippen MR) is 72.5 cm³/mol. The van der Waals surface area contributed by atoms with Gasteiger partial charge in [0.25, 0.3) is 5.91 Å². The van der Waals surface area contributed by atoms with Gasteiger partial charge >= 0.3 is 0 Å². The Kier molecular flexibility index (Phi) is 3.75. The quantitative estimate of drug-likeness (QED) is 0.863. The zero-order chi connectivity index (χ0) is 13.8. The lowest BCUT2D eigenvalue weighted by Gasteiger charge is -2.14. The van der Waals surface area contributed by atoms with Gasteiger partial charge in [0, 0.05) is 11.6 Å². The number of fused-ring (bicyclic) bond motifs is 1. The van der Waals surface area contributed by atoms with Crippen LogP contribution in [-0.2, 0) is 4.79 Å². The van der Waals surface area contributed by atoms with Gasteiger partial charge in [-0.05, 0) is 18.6 Å². The Labute approximate surface area is 110 Å². The molecule has 0 bridgehead atoms. The minimum atomic E-state index is -0.653. The number of nitrogens with two attached hydrogens (primary N) is 1. The number of nitrogens with one attached hydrogen (secondary N) is 1. The van der Waals surface area contributed by atoms with Crippen molar-refractivity contribution in [2.24, 2.45) is 5.73 Å². The lowest BCUT2D eigenvalue weighted by Crippen LogP contribution is -2.44. The average molecular weight is 257 g/mol. The number of hydrogen-bond donors (Lipinski definition) is 2. The van der Waals surface area contributed by atoms with Gasteiger partial charge in [-0.25, -0.2) is 0 Å². The van der Waals surface area contributed by atoms with Crippen molar-refractivity contribution < 1.29 is 9.59 Å². The van der Waals surface area contributed by atoms with Crippen molar-refractivity contribution in [2.45, 2.75) is 19.4 Å². The van der Waals surface area contributed by atoms with E-state index in [1.165, 1.54) is 0 Å². The Bertz CT molecular complexity index is 620. The smallest absolute Gasteiger partial charge is 0.252 e. The first kappa shape index (κ1) is 13.0. The fraction of sp³-hybridized carbons (Fsp3) is 0.214. The molecule has 5 nitrogen and oxygen atoms in total. The number of pyridine rings is 1. The Morgan fingerprint density at radius 2 is 2.05 bits per heavy atom. The molecular formula is C14H15N3O2. The van der Waals surface area contributed by atoms with E-state index < -0.39 is 11.9 Å². The zero-order valence-corrected chi connectivity index (χ0v) is 10.6. The molecule has 3 N–H and O–H groups in total. The summed E-state index contributed by atoms with van der Waals surface area (Å²) < 4.78 is 0. The van der Waals surface area contributed by atoms with Crippen LogP contribution in [0.25, 0.3) is 10.9 Å². The molecule has 98 valence electrons. The molecule has 0 saturated heterocycles. The first-order valence-electron chi connectivity index (χ1n) is 6.07. The Morgan fingerprint density at radius 3 is 2.74 bits per heavy atom. The van der Waals surface area contributed by atoms with E-state index in [1.54, 1.807) is 19.2 Å². The SMILES string of the molecule is CC[C@H](NC(=O)c1ccnc2ccccc12)C(N)=O. The fourth-order valence-corrected chi connectivity index (χ4v) is 1.90. The lowest BCUT2D eigenvalue weighted by molar-refractivity contribution is -0.119. The molecule has 0 unspecified atom stereocenters. The fourth-order valence-electron chi connectivity index (χ4n) is 1.90. The van der Waals surface area contributed by atoms with Gasteiger partial charge in [-0.2, -0.15) is 0 Å². The molecule has 2 rings (SSSR count). The van der Waals surface area contributed by atoms with Crippen LogP contribution in [-0.4, -0.2) is 22.8 Å². The standard InChI is InChI=1S/C14H15N3O2/c1-2-11(13(15)18)17-14(19)10-7-8-16-12-6-4-3-5-9(10)12/h3-8,11H,2H2,1H3,(H2,15,18)(H,17,19)/t11-/m0/s1. The summed E-state index contributed by atoms with van der Waals surface area (Å²) in [6.45, 7) is 1.79. The molecule has 0 spiro atoms. The summed E-state index contributed by atoms with van der Waals surface area (Å²) in [5.41, 5.74) is 6.45. The molecular weight excluding hydrogens is 242 g/mol. The predicted octanol–water partition coefficient (Wildman–Crippen LogP) is 1.23. The highest BCUT2D eigenvalue weighted by Gasteiger charge is 2.18. The summed E-state index contributed by atoms with van der Waals surface area (Å²) in [5.74, 6) is -0.849. The van der Waals surface area contributed by atoms with E-state index in [0.717, 1.165) is 10.9 Å². The van der Waals surface area contributed by atoms with Crippen LogP contribution >= 0.6 is 0 Å². The van der Waals surface area contributed by atoms with Crippen LogP contribution in [0.1, 0.15) is 23.7 Å². The van der Waals surface area contributed by atoms with Gasteiger partial charge in [-0.1, -0.05) is 25.1 Å². The molecule has 0 saturated carbocycles. The van der Waals surface area contributed by atoms with Crippen LogP contribution in [0, 0.1) is 0 Å². The molecule has 0 aliphatic rings. The van der Waals surface area contributed by atoms with Crippen molar-refractivity contribution in [3.63, 3.8) is 0 Å². The second-order valence-electron chi connectivity index (χ2n) is 4.21. The Morgan fingerprint density at radius 1 is 1.32 bits per heavy atom. The van der Waals surface area contributed by atoms with Gasteiger partial charge in [0.05, 0.1) is 11.1 Å². The van der Waals surface area contributed by atoms with Gasteiger partial charge in [-0.15, -0.1) is 0 Å². The van der Waals surface area contributed by atoms with Gasteiger partial charge < -0.3 is 11.1 Å². The summed E-state index contributed by atoms with van der Waals surface area (Å²) in [6.07, 6.45) is 2.03. The molecule has 1 aromatic heterocycles. The maximum atomic E-state index is 12.2. The highest BCUT2D eigenvalue weighted by Crippen LogP contribution is 2.16. The molecule has 0 fully saturated rings. The molecule has 19 heavy (non-hydrogen) atoms. The van der Waals surface area contributed by atoms with Crippen molar-refractivity contribution >= 4 is 22.7 Å². The van der Waals surface area contributed by atoms with Crippen molar-refractivity contribution in [2.75, 3.05) is 0 Å². The monoisotopic (exact) mass is 257 g/mol. The van der Waals surface area contributed by atoms with Crippen molar-refractivity contribution in [3.8, 4) is 0 Å². The van der Waals surface area contributed by atoms with E-state index in [0.29, 0.717) is 12.0 Å². The van der Waals surface area contributed by atoms with E-state index in [-0.39, 0.29) is 5.91 Å². The molecule has 1 aromatic carbocycles. The van der Waals surface area contributed by atoms with Crippen LogP contribution in [0.5, 0.6) is 0 Å². The number of carbonyl (C=O) groups is 2. The second kappa shape index (κ2) is 5.48. The normalized spacial score (nSPS) is 12.1. The summed E-state index contributed by atoms with van der Waals surface area (Å²) in [5, 5.41) is 3.38. The van der Waals surface area contributed by atoms with Gasteiger partial charge in [0.1, 0.15) is 6.04 Å². The zero-order valence-electron chi connectivity index (χ0n) is 10.6. The number of nitrogens with zero attached hydrogens (tertiary/aromatic N) is 1. The Balaban J connectivity index is 2.34. The first-order valence-corrected chi connectivity index (χ1v) is 6.07. The van der Waals surface area contributed by atoms with E-state index >= 15 is 0 Å². The minimum Gasteiger partial charge on any atom is -0.368 e. The number of amides is 2. The molecule has 0 radical (unpaired) electrons. The van der Waals surface area contributed by atoms with Crippen molar-refractivity contribution in [3.05, 3.63) is 42.1 Å². The number of aromatic nitrogens is 1. The lowest BCUT2D eigenvalue weighted by atomic mass is 10.1. The van der Waals surface area contributed by atoms with Crippen LogP contribution in [0.2, 0.25) is 0 Å². The van der Waals surface area contributed by atoms with Crippen LogP contribution < -0.4 is 11.1 Å². The summed E-state index contributed by atoms with van der Waals surface area (Å²) >= 11 is 0. The van der Waals surface area contributed by atoms with E-state index in [4.69, 9.17) is 5.73 Å². The third-order valence-electron chi connectivity index (χ3n) is 2.95. The molecule has 1 heterocycles. The number of benzene rings is 1. The van der Waals surface area contributed by atoms with Crippen LogP contribution in [0.4, 0.5) is 0 Å². The number of para-hydroxylation sites is 1. The minimum absolute atomic E-state index is 0.316. The topological polar surface area (TPSA) is 85.1 Å². The number of hydrogen-bond acceptors (Lipinski definition) is 3. The summed E-state index contributed by atoms with van der Waals surface area (Å²) in [7, 11) is 0. The molecule has 0 aliphatic carbocycles. The van der Waals surface area contributed by atoms with E-state index in [9.17, 15) is 9.59 Å².